The van der Waals surface area contributed by atoms with Crippen LogP contribution in [0.15, 0.2) is 12.3 Å². The molecule has 0 amide bonds. The van der Waals surface area contributed by atoms with Gasteiger partial charge < -0.3 is 10.0 Å². The minimum Gasteiger partial charge on any atom is -0.423 e. The fourth-order valence-electron chi connectivity index (χ4n) is 0.383. The van der Waals surface area contributed by atoms with Crippen LogP contribution in [-0.4, -0.2) is 26.9 Å². The van der Waals surface area contributed by atoms with Crippen molar-refractivity contribution in [1.82, 2.24) is 9.78 Å². The van der Waals surface area contributed by atoms with Gasteiger partial charge in [0.1, 0.15) is 0 Å². The molecule has 1 aromatic rings. The molecule has 0 unspecified atom stereocenters. The van der Waals surface area contributed by atoms with E-state index in [-0.39, 0.29) is 0 Å². The Morgan fingerprint density at radius 3 is 3.11 bits per heavy atom. The van der Waals surface area contributed by atoms with Crippen molar-refractivity contribution in [2.75, 3.05) is 0 Å². The predicted octanol–water partition coefficient (Wildman–Crippen LogP) is -1.90. The van der Waals surface area contributed by atoms with Gasteiger partial charge in [-0.15, -0.1) is 0 Å². The Bertz CT molecular complexity index is 348. The first kappa shape index (κ1) is 2.44. The molecule has 48 valence electrons. The van der Waals surface area contributed by atoms with Crippen molar-refractivity contribution in [2.24, 2.45) is 6.98 Å². The maximum Gasteiger partial charge on any atom is 0.491 e. The van der Waals surface area contributed by atoms with E-state index >= 15 is 0 Å². The second-order valence-electron chi connectivity index (χ2n) is 1.42. The van der Waals surface area contributed by atoms with Crippen LogP contribution in [0.4, 0.5) is 0 Å². The summed E-state index contributed by atoms with van der Waals surface area (Å²) in [6, 6.07) is 0. The van der Waals surface area contributed by atoms with E-state index in [0.717, 1.165) is 0 Å². The summed E-state index contributed by atoms with van der Waals surface area (Å²) in [7, 11) is -2.06. The first-order valence-corrected chi connectivity index (χ1v) is 2.18. The van der Waals surface area contributed by atoms with Gasteiger partial charge in [0.15, 0.2) is 0 Å². The zero-order valence-corrected chi connectivity index (χ0v) is 4.37. The van der Waals surface area contributed by atoms with Gasteiger partial charge in [0.2, 0.25) is 0 Å². The number of hydrogen-bond acceptors (Lipinski definition) is 3. The fraction of sp³-hybridized carbons (Fsp3) is 0.250. The van der Waals surface area contributed by atoms with Crippen LogP contribution in [0.1, 0.15) is 6.85 Å². The van der Waals surface area contributed by atoms with E-state index in [2.05, 4.69) is 5.10 Å². The van der Waals surface area contributed by atoms with Gasteiger partial charge in [-0.2, -0.15) is 5.10 Å². The smallest absolute Gasteiger partial charge is 0.423 e. The summed E-state index contributed by atoms with van der Waals surface area (Å²) in [5, 5.41) is 20.7. The summed E-state index contributed by atoms with van der Waals surface area (Å²) in [5.74, 6) is 0. The summed E-state index contributed by atoms with van der Waals surface area (Å²) in [6.07, 6.45) is -1.31. The number of aromatic nitrogens is 2. The lowest BCUT2D eigenvalue weighted by atomic mass is 9.83. The van der Waals surface area contributed by atoms with Crippen LogP contribution in [0.25, 0.3) is 0 Å². The van der Waals surface area contributed by atoms with Crippen LogP contribution in [0, 0.1) is 0 Å². The molecule has 2 N–H and O–H groups in total. The van der Waals surface area contributed by atoms with E-state index in [1.807, 2.05) is 0 Å². The Labute approximate surface area is 59.9 Å². The van der Waals surface area contributed by atoms with Gasteiger partial charge in [0.05, 0.1) is 2.74 Å². The summed E-state index contributed by atoms with van der Waals surface area (Å²) >= 11 is 0. The molecule has 1 heterocycles. The Hall–Kier alpha value is -0.805. The van der Waals surface area contributed by atoms with Gasteiger partial charge in [-0.25, -0.2) is 0 Å². The van der Waals surface area contributed by atoms with Gasteiger partial charge in [0.25, 0.3) is 0 Å². The lowest BCUT2D eigenvalue weighted by Crippen LogP contribution is -2.28. The molecule has 0 aliphatic heterocycles. The molecule has 0 atom stereocenters. The topological polar surface area (TPSA) is 58.3 Å². The number of aryl methyl sites for hydroxylation is 1. The van der Waals surface area contributed by atoms with E-state index in [0.29, 0.717) is 4.68 Å². The molecular weight excluding hydrogens is 119 g/mol. The van der Waals surface area contributed by atoms with E-state index in [4.69, 9.17) is 16.9 Å². The number of nitrogens with zero attached hydrogens (tertiary/aromatic N) is 2. The second kappa shape index (κ2) is 2.20. The van der Waals surface area contributed by atoms with E-state index in [9.17, 15) is 0 Å². The third-order valence-electron chi connectivity index (χ3n) is 0.755. The molecule has 0 aliphatic rings. The summed E-state index contributed by atoms with van der Waals surface area (Å²) in [6.45, 7) is -2.69. The van der Waals surface area contributed by atoms with Crippen LogP contribution in [-0.2, 0) is 6.98 Å². The molecule has 0 spiro atoms. The lowest BCUT2D eigenvalue weighted by Gasteiger charge is -1.87. The SMILES string of the molecule is [2H]c1nn(C([2H])([2H])[2H])c([2H])c1B(O)O. The lowest BCUT2D eigenvalue weighted by molar-refractivity contribution is 0.425. The van der Waals surface area contributed by atoms with E-state index in [1.54, 1.807) is 0 Å². The first-order chi connectivity index (χ1) is 6.25. The van der Waals surface area contributed by atoms with Crippen molar-refractivity contribution in [3.63, 3.8) is 0 Å². The van der Waals surface area contributed by atoms with Gasteiger partial charge >= 0.3 is 7.12 Å². The van der Waals surface area contributed by atoms with E-state index < -0.39 is 31.9 Å². The zero-order chi connectivity index (χ0) is 11.1. The van der Waals surface area contributed by atoms with Gasteiger partial charge in [-0.3, -0.25) is 4.68 Å². The highest BCUT2D eigenvalue weighted by Crippen LogP contribution is 1.77. The highest BCUT2D eigenvalue weighted by atomic mass is 16.4. The van der Waals surface area contributed by atoms with Crippen molar-refractivity contribution in [1.29, 1.82) is 0 Å². The zero-order valence-electron chi connectivity index (χ0n) is 9.37. The molecule has 1 rings (SSSR count). The highest BCUT2D eigenvalue weighted by molar-refractivity contribution is 6.58. The Balaban J connectivity index is 3.31. The maximum atomic E-state index is 8.74. The van der Waals surface area contributed by atoms with E-state index in [1.165, 1.54) is 0 Å². The molecule has 0 aromatic carbocycles. The molecule has 9 heavy (non-hydrogen) atoms. The summed E-state index contributed by atoms with van der Waals surface area (Å²) < 4.78 is 35.5. The molecular formula is C4H7BN2O2. The monoisotopic (exact) mass is 131 g/mol. The Morgan fingerprint density at radius 2 is 2.78 bits per heavy atom. The van der Waals surface area contributed by atoms with Crippen molar-refractivity contribution in [3.8, 4) is 0 Å². The van der Waals surface area contributed by atoms with Crippen LogP contribution in [0.2, 0.25) is 0 Å². The summed E-state index contributed by atoms with van der Waals surface area (Å²) in [5.41, 5.74) is -0.513. The van der Waals surface area contributed by atoms with Crippen molar-refractivity contribution in [2.45, 2.75) is 0 Å². The molecule has 4 nitrogen and oxygen atoms in total. The first-order valence-electron chi connectivity index (χ1n) is 4.68. The van der Waals surface area contributed by atoms with Gasteiger partial charge in [-0.1, -0.05) is 0 Å². The highest BCUT2D eigenvalue weighted by Gasteiger charge is 2.11. The van der Waals surface area contributed by atoms with Crippen molar-refractivity contribution < 1.29 is 16.9 Å². The van der Waals surface area contributed by atoms with Gasteiger partial charge in [-0.05, 0) is 0 Å². The maximum absolute atomic E-state index is 8.74. The average Bonchev–Trinajstić information content (AvgIpc) is 2.24. The molecule has 0 saturated heterocycles. The van der Waals surface area contributed by atoms with Crippen molar-refractivity contribution in [3.05, 3.63) is 12.3 Å². The fourth-order valence-corrected chi connectivity index (χ4v) is 0.383. The Kier molecular flexibility index (Phi) is 0.596. The van der Waals surface area contributed by atoms with Crippen LogP contribution in [0.3, 0.4) is 0 Å². The molecule has 0 radical (unpaired) electrons. The standard InChI is InChI=1S/C4H7BN2O2/c1-7-3-4(2-6-7)5(8)9/h2-3,8-9H,1H3/i1D3,2D,3D. The Morgan fingerprint density at radius 1 is 2.00 bits per heavy atom. The number of hydrogen-bond donors (Lipinski definition) is 2. The van der Waals surface area contributed by atoms with Crippen LogP contribution >= 0.6 is 0 Å². The number of rotatable bonds is 1. The molecule has 1 aromatic heterocycles. The molecule has 5 heteroatoms. The molecule has 0 aliphatic carbocycles. The average molecular weight is 131 g/mol. The quantitative estimate of drug-likeness (QED) is 0.437. The second-order valence-corrected chi connectivity index (χ2v) is 1.42. The minimum atomic E-state index is -2.69. The van der Waals surface area contributed by atoms with Crippen LogP contribution < -0.4 is 5.46 Å². The third kappa shape index (κ3) is 1.31. The normalized spacial score (nSPS) is 19.1. The predicted molar refractivity (Wildman–Crippen MR) is 33.0 cm³/mol. The van der Waals surface area contributed by atoms with Gasteiger partial charge in [0, 0.05) is 28.9 Å². The molecule has 0 saturated carbocycles. The summed E-state index contributed by atoms with van der Waals surface area (Å²) in [4.78, 5) is 0. The molecule has 0 fully saturated rings. The van der Waals surface area contributed by atoms with Crippen LogP contribution in [0.5, 0.6) is 0 Å². The minimum absolute atomic E-state index is 0.296. The largest absolute Gasteiger partial charge is 0.491 e. The third-order valence-corrected chi connectivity index (χ3v) is 0.755. The van der Waals surface area contributed by atoms with Crippen molar-refractivity contribution >= 4 is 12.6 Å². The molecule has 0 bridgehead atoms.